The first-order valence-electron chi connectivity index (χ1n) is 10.0. The fourth-order valence-corrected chi connectivity index (χ4v) is 2.72. The van der Waals surface area contributed by atoms with Gasteiger partial charge in [-0.1, -0.05) is 30.3 Å². The number of amides is 1. The highest BCUT2D eigenvalue weighted by molar-refractivity contribution is 5.91. The molecule has 1 amide bonds. The standard InChI is InChI=1S/C24H28N2O5/c1-3-29-13-14-30-18-21-6-4-5-20(15-21)17-26-24(27)10-8-19-7-9-22(31-12-11-25)23(16-19)28-2/h4-10,15-16H,3,12-14,17-18H2,1-2H3,(H,26,27)/b10-8+. The van der Waals surface area contributed by atoms with E-state index in [1.165, 1.54) is 13.2 Å². The van der Waals surface area contributed by atoms with E-state index in [0.717, 1.165) is 16.7 Å². The first-order valence-corrected chi connectivity index (χ1v) is 10.0. The van der Waals surface area contributed by atoms with Crippen molar-refractivity contribution < 1.29 is 23.7 Å². The molecular formula is C24H28N2O5. The molecule has 0 saturated heterocycles. The molecule has 0 aliphatic rings. The van der Waals surface area contributed by atoms with Crippen LogP contribution in [0.3, 0.4) is 0 Å². The van der Waals surface area contributed by atoms with Crippen LogP contribution in [0.4, 0.5) is 0 Å². The summed E-state index contributed by atoms with van der Waals surface area (Å²) >= 11 is 0. The van der Waals surface area contributed by atoms with Crippen LogP contribution in [-0.4, -0.2) is 39.4 Å². The van der Waals surface area contributed by atoms with Crippen molar-refractivity contribution in [3.8, 4) is 17.6 Å². The van der Waals surface area contributed by atoms with Gasteiger partial charge in [0, 0.05) is 19.2 Å². The number of hydrogen-bond acceptors (Lipinski definition) is 6. The monoisotopic (exact) mass is 424 g/mol. The molecule has 0 saturated carbocycles. The molecule has 7 heteroatoms. The van der Waals surface area contributed by atoms with E-state index < -0.39 is 0 Å². The molecule has 31 heavy (non-hydrogen) atoms. The molecule has 0 aromatic heterocycles. The molecule has 2 aromatic carbocycles. The Kier molecular flexibility index (Phi) is 10.7. The lowest BCUT2D eigenvalue weighted by molar-refractivity contribution is -0.116. The molecule has 0 fully saturated rings. The van der Waals surface area contributed by atoms with Crippen molar-refractivity contribution in [2.24, 2.45) is 0 Å². The summed E-state index contributed by atoms with van der Waals surface area (Å²) in [5, 5.41) is 11.5. The van der Waals surface area contributed by atoms with Gasteiger partial charge in [0.25, 0.3) is 0 Å². The predicted molar refractivity (Wildman–Crippen MR) is 118 cm³/mol. The molecule has 2 rings (SSSR count). The highest BCUT2D eigenvalue weighted by Crippen LogP contribution is 2.28. The van der Waals surface area contributed by atoms with Gasteiger partial charge in [-0.3, -0.25) is 4.79 Å². The number of methoxy groups -OCH3 is 1. The number of benzene rings is 2. The summed E-state index contributed by atoms with van der Waals surface area (Å²) in [4.78, 5) is 12.2. The predicted octanol–water partition coefficient (Wildman–Crippen LogP) is 3.48. The van der Waals surface area contributed by atoms with Crippen LogP contribution < -0.4 is 14.8 Å². The summed E-state index contributed by atoms with van der Waals surface area (Å²) in [6.07, 6.45) is 3.15. The summed E-state index contributed by atoms with van der Waals surface area (Å²) in [7, 11) is 1.52. The zero-order valence-corrected chi connectivity index (χ0v) is 17.9. The van der Waals surface area contributed by atoms with Gasteiger partial charge in [0.05, 0.1) is 26.9 Å². The van der Waals surface area contributed by atoms with Crippen LogP contribution in [0.2, 0.25) is 0 Å². The number of nitrogens with zero attached hydrogens (tertiary/aromatic N) is 1. The topological polar surface area (TPSA) is 89.8 Å². The van der Waals surface area contributed by atoms with Crippen LogP contribution >= 0.6 is 0 Å². The maximum absolute atomic E-state index is 12.2. The number of nitrogens with one attached hydrogen (secondary N) is 1. The lowest BCUT2D eigenvalue weighted by Gasteiger charge is -2.09. The van der Waals surface area contributed by atoms with Gasteiger partial charge < -0.3 is 24.3 Å². The van der Waals surface area contributed by atoms with Gasteiger partial charge in [-0.25, -0.2) is 0 Å². The van der Waals surface area contributed by atoms with Gasteiger partial charge in [0.2, 0.25) is 5.91 Å². The van der Waals surface area contributed by atoms with E-state index >= 15 is 0 Å². The summed E-state index contributed by atoms with van der Waals surface area (Å²) in [6, 6.07) is 15.0. The lowest BCUT2D eigenvalue weighted by Crippen LogP contribution is -2.20. The maximum Gasteiger partial charge on any atom is 0.244 e. The number of ether oxygens (including phenoxy) is 4. The van der Waals surface area contributed by atoms with Crippen LogP contribution in [0.5, 0.6) is 11.5 Å². The zero-order chi connectivity index (χ0) is 22.3. The van der Waals surface area contributed by atoms with E-state index in [0.29, 0.717) is 44.5 Å². The van der Waals surface area contributed by atoms with E-state index in [1.807, 2.05) is 37.3 Å². The Morgan fingerprint density at radius 2 is 1.90 bits per heavy atom. The van der Waals surface area contributed by atoms with Crippen molar-refractivity contribution in [2.45, 2.75) is 20.1 Å². The summed E-state index contributed by atoms with van der Waals surface area (Å²) in [5.41, 5.74) is 2.82. The zero-order valence-electron chi connectivity index (χ0n) is 17.9. The molecule has 0 unspecified atom stereocenters. The molecule has 0 radical (unpaired) electrons. The minimum atomic E-state index is -0.206. The molecule has 164 valence electrons. The fraction of sp³-hybridized carbons (Fsp3) is 0.333. The Hall–Kier alpha value is -3.34. The minimum absolute atomic E-state index is 0.0610. The number of carbonyl (C=O) groups excluding carboxylic acids is 1. The average molecular weight is 424 g/mol. The highest BCUT2D eigenvalue weighted by atomic mass is 16.5. The number of rotatable bonds is 13. The SMILES string of the molecule is CCOCCOCc1cccc(CNC(=O)/C=C/c2ccc(OCC#N)c(OC)c2)c1. The second-order valence-corrected chi connectivity index (χ2v) is 6.48. The van der Waals surface area contributed by atoms with E-state index in [-0.39, 0.29) is 12.5 Å². The summed E-state index contributed by atoms with van der Waals surface area (Å²) < 4.78 is 21.4. The molecule has 0 spiro atoms. The molecule has 0 bridgehead atoms. The third-order valence-electron chi connectivity index (χ3n) is 4.21. The van der Waals surface area contributed by atoms with Gasteiger partial charge in [-0.05, 0) is 41.8 Å². The van der Waals surface area contributed by atoms with Gasteiger partial charge in [-0.2, -0.15) is 5.26 Å². The van der Waals surface area contributed by atoms with Gasteiger partial charge in [0.1, 0.15) is 6.07 Å². The molecule has 1 N–H and O–H groups in total. The smallest absolute Gasteiger partial charge is 0.244 e. The van der Waals surface area contributed by atoms with Gasteiger partial charge in [0.15, 0.2) is 18.1 Å². The largest absolute Gasteiger partial charge is 0.493 e. The number of hydrogen-bond donors (Lipinski definition) is 1. The Balaban J connectivity index is 1.84. The van der Waals surface area contributed by atoms with Crippen molar-refractivity contribution >= 4 is 12.0 Å². The quantitative estimate of drug-likeness (QED) is 0.391. The van der Waals surface area contributed by atoms with Crippen molar-refractivity contribution in [3.63, 3.8) is 0 Å². The van der Waals surface area contributed by atoms with E-state index in [4.69, 9.17) is 24.2 Å². The first kappa shape index (κ1) is 23.9. The number of carbonyl (C=O) groups is 1. The molecule has 0 aliphatic heterocycles. The molecular weight excluding hydrogens is 396 g/mol. The Bertz CT molecular complexity index is 905. The van der Waals surface area contributed by atoms with E-state index in [1.54, 1.807) is 24.3 Å². The van der Waals surface area contributed by atoms with Gasteiger partial charge >= 0.3 is 0 Å². The van der Waals surface area contributed by atoms with Crippen molar-refractivity contribution in [3.05, 3.63) is 65.2 Å². The van der Waals surface area contributed by atoms with Crippen LogP contribution in [0.25, 0.3) is 6.08 Å². The Morgan fingerprint density at radius 3 is 2.68 bits per heavy atom. The van der Waals surface area contributed by atoms with E-state index in [2.05, 4.69) is 5.32 Å². The third-order valence-corrected chi connectivity index (χ3v) is 4.21. The van der Waals surface area contributed by atoms with Crippen LogP contribution in [0.15, 0.2) is 48.5 Å². The fourth-order valence-electron chi connectivity index (χ4n) is 2.72. The van der Waals surface area contributed by atoms with Crippen LogP contribution in [0.1, 0.15) is 23.6 Å². The minimum Gasteiger partial charge on any atom is -0.493 e. The maximum atomic E-state index is 12.2. The van der Waals surface area contributed by atoms with Crippen molar-refractivity contribution in [1.29, 1.82) is 5.26 Å². The summed E-state index contributed by atoms with van der Waals surface area (Å²) in [6.45, 7) is 4.63. The van der Waals surface area contributed by atoms with Crippen LogP contribution in [-0.2, 0) is 27.4 Å². The lowest BCUT2D eigenvalue weighted by atomic mass is 10.1. The van der Waals surface area contributed by atoms with Crippen LogP contribution in [0, 0.1) is 11.3 Å². The number of nitriles is 1. The Morgan fingerprint density at radius 1 is 1.10 bits per heavy atom. The molecule has 0 atom stereocenters. The average Bonchev–Trinajstić information content (AvgIpc) is 2.80. The first-order chi connectivity index (χ1) is 15.2. The Labute approximate surface area is 183 Å². The van der Waals surface area contributed by atoms with E-state index in [9.17, 15) is 4.79 Å². The van der Waals surface area contributed by atoms with Gasteiger partial charge in [-0.15, -0.1) is 0 Å². The molecule has 0 heterocycles. The molecule has 2 aromatic rings. The highest BCUT2D eigenvalue weighted by Gasteiger charge is 2.05. The normalized spacial score (nSPS) is 10.6. The second kappa shape index (κ2) is 13.8. The summed E-state index contributed by atoms with van der Waals surface area (Å²) in [5.74, 6) is 0.771. The second-order valence-electron chi connectivity index (χ2n) is 6.48. The van der Waals surface area contributed by atoms with Crippen molar-refractivity contribution in [1.82, 2.24) is 5.32 Å². The third kappa shape index (κ3) is 8.91. The molecule has 7 nitrogen and oxygen atoms in total. The van der Waals surface area contributed by atoms with Crippen molar-refractivity contribution in [2.75, 3.05) is 33.5 Å². The molecule has 0 aliphatic carbocycles.